The first-order valence-electron chi connectivity index (χ1n) is 5.68. The van der Waals surface area contributed by atoms with Crippen molar-refractivity contribution in [1.29, 1.82) is 0 Å². The Bertz CT molecular complexity index is 531. The van der Waals surface area contributed by atoms with E-state index in [0.717, 1.165) is 12.8 Å². The first kappa shape index (κ1) is 15.0. The molecule has 0 bridgehead atoms. The smallest absolute Gasteiger partial charge is 0.218 e. The van der Waals surface area contributed by atoms with Gasteiger partial charge in [-0.2, -0.15) is 4.99 Å². The van der Waals surface area contributed by atoms with Crippen molar-refractivity contribution in [3.05, 3.63) is 35.7 Å². The molecule has 0 unspecified atom stereocenters. The molecule has 0 spiro atoms. The van der Waals surface area contributed by atoms with Crippen LogP contribution in [0.25, 0.3) is 5.57 Å². The molecule has 0 amide bonds. The minimum absolute atomic E-state index is 0. The van der Waals surface area contributed by atoms with Crippen molar-refractivity contribution in [3.8, 4) is 0 Å². The molecule has 1 aliphatic rings. The Hall–Kier alpha value is -2.08. The summed E-state index contributed by atoms with van der Waals surface area (Å²) >= 11 is 0. The Kier molecular flexibility index (Phi) is 5.32. The van der Waals surface area contributed by atoms with Gasteiger partial charge in [-0.05, 0) is 35.6 Å². The normalized spacial score (nSPS) is 13.3. The summed E-state index contributed by atoms with van der Waals surface area (Å²) in [6, 6.07) is 2.04. The van der Waals surface area contributed by atoms with E-state index in [4.69, 9.17) is 17.2 Å². The van der Waals surface area contributed by atoms with Gasteiger partial charge in [0.25, 0.3) is 0 Å². The number of nitrogens with zero attached hydrogens (tertiary/aromatic N) is 3. The molecular weight excluding hydrogens is 264 g/mol. The minimum Gasteiger partial charge on any atom is -0.370 e. The highest BCUT2D eigenvalue weighted by atomic mass is 35.5. The Labute approximate surface area is 117 Å². The number of aromatic nitrogens is 1. The highest BCUT2D eigenvalue weighted by Gasteiger charge is 2.12. The molecule has 2 rings (SSSR count). The Morgan fingerprint density at radius 1 is 1.32 bits per heavy atom. The second-order valence-corrected chi connectivity index (χ2v) is 3.99. The van der Waals surface area contributed by atoms with Crippen LogP contribution in [0.15, 0.2) is 34.5 Å². The highest BCUT2D eigenvalue weighted by Crippen LogP contribution is 2.28. The number of allylic oxidation sites excluding steroid dienone is 1. The zero-order valence-corrected chi connectivity index (χ0v) is 11.2. The van der Waals surface area contributed by atoms with Gasteiger partial charge in [-0.15, -0.1) is 12.4 Å². The van der Waals surface area contributed by atoms with Crippen molar-refractivity contribution in [2.75, 3.05) is 6.54 Å². The van der Waals surface area contributed by atoms with Crippen LogP contribution >= 0.6 is 12.4 Å². The number of aliphatic imine (C=N–C) groups is 2. The van der Waals surface area contributed by atoms with E-state index >= 15 is 0 Å². The number of halogens is 1. The molecule has 0 aliphatic heterocycles. The van der Waals surface area contributed by atoms with Gasteiger partial charge in [-0.1, -0.05) is 6.08 Å². The lowest BCUT2D eigenvalue weighted by molar-refractivity contribution is 1.01. The van der Waals surface area contributed by atoms with Gasteiger partial charge in [0.05, 0.1) is 0 Å². The monoisotopic (exact) mass is 280 g/mol. The first-order valence-corrected chi connectivity index (χ1v) is 5.68. The van der Waals surface area contributed by atoms with E-state index < -0.39 is 0 Å². The Morgan fingerprint density at radius 3 is 2.84 bits per heavy atom. The fourth-order valence-electron chi connectivity index (χ4n) is 1.93. The van der Waals surface area contributed by atoms with Crippen LogP contribution in [-0.4, -0.2) is 23.4 Å². The molecule has 1 aromatic heterocycles. The molecular formula is C12H17ClN6. The number of fused-ring (bicyclic) bond motifs is 1. The molecule has 0 saturated carbocycles. The van der Waals surface area contributed by atoms with E-state index in [1.54, 1.807) is 0 Å². The Morgan fingerprint density at radius 2 is 2.11 bits per heavy atom. The second kappa shape index (κ2) is 6.75. The molecule has 0 atom stereocenters. The van der Waals surface area contributed by atoms with Crippen LogP contribution in [0, 0.1) is 0 Å². The SMILES string of the molecule is Cl.NC(N)=NC(N)=NCCC1=CCc2ccncc21. The molecule has 1 aromatic rings. The van der Waals surface area contributed by atoms with Crippen LogP contribution < -0.4 is 17.2 Å². The van der Waals surface area contributed by atoms with E-state index in [2.05, 4.69) is 21.0 Å². The number of hydrogen-bond acceptors (Lipinski definition) is 2. The molecule has 7 heteroatoms. The third-order valence-corrected chi connectivity index (χ3v) is 2.72. The summed E-state index contributed by atoms with van der Waals surface area (Å²) in [5.41, 5.74) is 19.7. The van der Waals surface area contributed by atoms with E-state index in [-0.39, 0.29) is 24.3 Å². The fourth-order valence-corrected chi connectivity index (χ4v) is 1.93. The minimum atomic E-state index is -0.0779. The molecule has 0 saturated heterocycles. The maximum Gasteiger partial charge on any atom is 0.218 e. The van der Waals surface area contributed by atoms with Gasteiger partial charge in [0.15, 0.2) is 5.96 Å². The summed E-state index contributed by atoms with van der Waals surface area (Å²) in [5.74, 6) is 0.0332. The van der Waals surface area contributed by atoms with Crippen LogP contribution in [0.3, 0.4) is 0 Å². The van der Waals surface area contributed by atoms with Gasteiger partial charge in [0.1, 0.15) is 0 Å². The number of guanidine groups is 2. The number of hydrogen-bond donors (Lipinski definition) is 3. The molecule has 1 heterocycles. The standard InChI is InChI=1S/C12H16N6.ClH/c13-11(14)18-12(15)17-6-4-9-2-1-8-3-5-16-7-10(8)9;/h2-3,5,7H,1,4,6H2,(H6,13,14,15,17,18);1H. The number of pyridine rings is 1. The van der Waals surface area contributed by atoms with Crippen molar-refractivity contribution < 1.29 is 0 Å². The lowest BCUT2D eigenvalue weighted by atomic mass is 10.1. The van der Waals surface area contributed by atoms with Gasteiger partial charge in [0, 0.05) is 18.9 Å². The molecule has 6 nitrogen and oxygen atoms in total. The van der Waals surface area contributed by atoms with Crippen LogP contribution in [0.1, 0.15) is 17.5 Å². The largest absolute Gasteiger partial charge is 0.370 e. The van der Waals surface area contributed by atoms with E-state index in [9.17, 15) is 0 Å². The molecule has 0 aromatic carbocycles. The summed E-state index contributed by atoms with van der Waals surface area (Å²) in [7, 11) is 0. The number of nitrogens with two attached hydrogens (primary N) is 3. The lowest BCUT2D eigenvalue weighted by Gasteiger charge is -2.03. The molecule has 19 heavy (non-hydrogen) atoms. The van der Waals surface area contributed by atoms with E-state index in [1.165, 1.54) is 16.7 Å². The predicted octanol–water partition coefficient (Wildman–Crippen LogP) is 0.421. The second-order valence-electron chi connectivity index (χ2n) is 3.99. The van der Waals surface area contributed by atoms with Crippen molar-refractivity contribution in [2.45, 2.75) is 12.8 Å². The van der Waals surface area contributed by atoms with Gasteiger partial charge >= 0.3 is 0 Å². The third kappa shape index (κ3) is 3.96. The first-order chi connectivity index (χ1) is 8.66. The average molecular weight is 281 g/mol. The number of rotatable bonds is 3. The van der Waals surface area contributed by atoms with Crippen LogP contribution in [0.2, 0.25) is 0 Å². The van der Waals surface area contributed by atoms with Crippen molar-refractivity contribution >= 4 is 29.9 Å². The summed E-state index contributed by atoms with van der Waals surface area (Å²) in [6.45, 7) is 0.558. The van der Waals surface area contributed by atoms with Crippen LogP contribution in [0.4, 0.5) is 0 Å². The van der Waals surface area contributed by atoms with Crippen molar-refractivity contribution in [2.24, 2.45) is 27.2 Å². The molecule has 0 fully saturated rings. The van der Waals surface area contributed by atoms with Crippen molar-refractivity contribution in [3.63, 3.8) is 0 Å². The molecule has 6 N–H and O–H groups in total. The maximum atomic E-state index is 5.52. The topological polar surface area (TPSA) is 116 Å². The molecule has 1 aliphatic carbocycles. The molecule has 0 radical (unpaired) electrons. The van der Waals surface area contributed by atoms with Gasteiger partial charge < -0.3 is 17.2 Å². The summed E-state index contributed by atoms with van der Waals surface area (Å²) in [5, 5.41) is 0. The summed E-state index contributed by atoms with van der Waals surface area (Å²) in [6.07, 6.45) is 7.65. The van der Waals surface area contributed by atoms with E-state index in [0.29, 0.717) is 6.54 Å². The quantitative estimate of drug-likeness (QED) is 0.549. The Balaban J connectivity index is 0.00000180. The third-order valence-electron chi connectivity index (χ3n) is 2.72. The molecule has 102 valence electrons. The summed E-state index contributed by atoms with van der Waals surface area (Å²) in [4.78, 5) is 11.9. The highest BCUT2D eigenvalue weighted by molar-refractivity contribution is 5.92. The van der Waals surface area contributed by atoms with Gasteiger partial charge in [0.2, 0.25) is 5.96 Å². The fraction of sp³-hybridized carbons (Fsp3) is 0.250. The summed E-state index contributed by atoms with van der Waals surface area (Å²) < 4.78 is 0. The average Bonchev–Trinajstić information content (AvgIpc) is 2.72. The van der Waals surface area contributed by atoms with Crippen LogP contribution in [-0.2, 0) is 6.42 Å². The van der Waals surface area contributed by atoms with E-state index in [1.807, 2.05) is 18.5 Å². The zero-order chi connectivity index (χ0) is 13.0. The van der Waals surface area contributed by atoms with Crippen LogP contribution in [0.5, 0.6) is 0 Å². The van der Waals surface area contributed by atoms with Gasteiger partial charge in [-0.3, -0.25) is 9.98 Å². The lowest BCUT2D eigenvalue weighted by Crippen LogP contribution is -2.26. The maximum absolute atomic E-state index is 5.52. The van der Waals surface area contributed by atoms with Crippen molar-refractivity contribution in [1.82, 2.24) is 4.98 Å². The zero-order valence-electron chi connectivity index (χ0n) is 10.4. The predicted molar refractivity (Wildman–Crippen MR) is 80.1 cm³/mol. The van der Waals surface area contributed by atoms with Gasteiger partial charge in [-0.25, -0.2) is 0 Å².